The molecule has 1 aromatic carbocycles. The van der Waals surface area contributed by atoms with Crippen LogP contribution in [0.3, 0.4) is 0 Å². The monoisotopic (exact) mass is 282 g/mol. The van der Waals surface area contributed by atoms with Crippen molar-refractivity contribution < 1.29 is 13.2 Å². The van der Waals surface area contributed by atoms with Gasteiger partial charge in [0.15, 0.2) is 0 Å². The summed E-state index contributed by atoms with van der Waals surface area (Å²) in [6.45, 7) is 8.00. The zero-order valence-corrected chi connectivity index (χ0v) is 11.8. The molecule has 2 rings (SSSR count). The Labute approximate surface area is 116 Å². The van der Waals surface area contributed by atoms with Gasteiger partial charge < -0.3 is 4.90 Å². The van der Waals surface area contributed by atoms with Gasteiger partial charge in [-0.2, -0.15) is 18.4 Å². The number of benzene rings is 1. The van der Waals surface area contributed by atoms with Crippen molar-refractivity contribution in [3.8, 4) is 6.07 Å². The Morgan fingerprint density at radius 1 is 1.20 bits per heavy atom. The van der Waals surface area contributed by atoms with Gasteiger partial charge in [-0.1, -0.05) is 20.8 Å². The van der Waals surface area contributed by atoms with Gasteiger partial charge in [-0.25, -0.2) is 0 Å². The van der Waals surface area contributed by atoms with E-state index in [1.165, 1.54) is 6.07 Å². The Hall–Kier alpha value is -1.70. The number of hydrogen-bond donors (Lipinski definition) is 0. The third kappa shape index (κ3) is 2.74. The van der Waals surface area contributed by atoms with E-state index in [0.717, 1.165) is 25.2 Å². The average molecular weight is 282 g/mol. The Kier molecular flexibility index (Phi) is 3.45. The second-order valence-electron chi connectivity index (χ2n) is 6.31. The fourth-order valence-electron chi connectivity index (χ4n) is 2.30. The highest BCUT2D eigenvalue weighted by Crippen LogP contribution is 2.39. The summed E-state index contributed by atoms with van der Waals surface area (Å²) >= 11 is 0. The molecule has 1 aromatic rings. The standard InChI is InChI=1S/C15H17F3N2/c1-14(2,3)12-8-20(9-12)13-5-4-11(15(16,17)18)6-10(13)7-19/h4-6,12H,8-9H2,1-3H3. The molecule has 1 saturated heterocycles. The molecule has 1 aliphatic rings. The highest BCUT2D eigenvalue weighted by Gasteiger charge is 2.37. The van der Waals surface area contributed by atoms with Gasteiger partial charge >= 0.3 is 6.18 Å². The van der Waals surface area contributed by atoms with Crippen LogP contribution in [0.1, 0.15) is 31.9 Å². The summed E-state index contributed by atoms with van der Waals surface area (Å²) < 4.78 is 37.9. The van der Waals surface area contributed by atoms with Crippen molar-refractivity contribution >= 4 is 5.69 Å². The molecule has 2 nitrogen and oxygen atoms in total. The maximum absolute atomic E-state index is 12.6. The van der Waals surface area contributed by atoms with Crippen molar-refractivity contribution in [2.75, 3.05) is 18.0 Å². The van der Waals surface area contributed by atoms with Crippen LogP contribution in [0.4, 0.5) is 18.9 Å². The molecule has 0 spiro atoms. The van der Waals surface area contributed by atoms with E-state index in [2.05, 4.69) is 20.8 Å². The van der Waals surface area contributed by atoms with Crippen molar-refractivity contribution in [1.29, 1.82) is 5.26 Å². The summed E-state index contributed by atoms with van der Waals surface area (Å²) in [6.07, 6.45) is -4.41. The molecular formula is C15H17F3N2. The highest BCUT2D eigenvalue weighted by molar-refractivity contribution is 5.62. The topological polar surface area (TPSA) is 27.0 Å². The van der Waals surface area contributed by atoms with Crippen LogP contribution in [-0.2, 0) is 6.18 Å². The maximum Gasteiger partial charge on any atom is 0.416 e. The summed E-state index contributed by atoms with van der Waals surface area (Å²) in [5.74, 6) is 0.497. The van der Waals surface area contributed by atoms with Gasteiger partial charge in [0.25, 0.3) is 0 Å². The molecular weight excluding hydrogens is 265 g/mol. The lowest BCUT2D eigenvalue weighted by Gasteiger charge is -2.47. The van der Waals surface area contributed by atoms with Crippen LogP contribution in [0.2, 0.25) is 0 Å². The lowest BCUT2D eigenvalue weighted by atomic mass is 9.75. The zero-order chi connectivity index (χ0) is 15.1. The van der Waals surface area contributed by atoms with E-state index in [9.17, 15) is 13.2 Å². The fourth-order valence-corrected chi connectivity index (χ4v) is 2.30. The maximum atomic E-state index is 12.6. The lowest BCUT2D eigenvalue weighted by molar-refractivity contribution is -0.137. The van der Waals surface area contributed by atoms with Crippen LogP contribution in [0.5, 0.6) is 0 Å². The minimum Gasteiger partial charge on any atom is -0.370 e. The Bertz CT molecular complexity index is 544. The van der Waals surface area contributed by atoms with E-state index < -0.39 is 11.7 Å². The number of nitriles is 1. The molecule has 0 aliphatic carbocycles. The number of anilines is 1. The molecule has 0 unspecified atom stereocenters. The van der Waals surface area contributed by atoms with Gasteiger partial charge in [-0.15, -0.1) is 0 Å². The van der Waals surface area contributed by atoms with Crippen molar-refractivity contribution in [3.05, 3.63) is 29.3 Å². The first kappa shape index (κ1) is 14.7. The summed E-state index contributed by atoms with van der Waals surface area (Å²) in [7, 11) is 0. The molecule has 5 heteroatoms. The largest absolute Gasteiger partial charge is 0.416 e. The van der Waals surface area contributed by atoms with E-state index in [1.54, 1.807) is 0 Å². The molecule has 0 amide bonds. The van der Waals surface area contributed by atoms with Crippen LogP contribution >= 0.6 is 0 Å². The molecule has 0 aromatic heterocycles. The fraction of sp³-hybridized carbons (Fsp3) is 0.533. The van der Waals surface area contributed by atoms with Crippen LogP contribution in [-0.4, -0.2) is 13.1 Å². The predicted octanol–water partition coefficient (Wildman–Crippen LogP) is 4.06. The Morgan fingerprint density at radius 3 is 2.25 bits per heavy atom. The van der Waals surface area contributed by atoms with E-state index in [4.69, 9.17) is 5.26 Å². The van der Waals surface area contributed by atoms with Gasteiger partial charge in [0.2, 0.25) is 0 Å². The average Bonchev–Trinajstić information content (AvgIpc) is 2.23. The molecule has 0 N–H and O–H groups in total. The second-order valence-corrected chi connectivity index (χ2v) is 6.31. The number of nitrogens with zero attached hydrogens (tertiary/aromatic N) is 2. The molecule has 0 bridgehead atoms. The lowest BCUT2D eigenvalue weighted by Crippen LogP contribution is -2.52. The molecule has 1 fully saturated rings. The normalized spacial score (nSPS) is 16.8. The summed E-state index contributed by atoms with van der Waals surface area (Å²) in [4.78, 5) is 1.97. The molecule has 0 atom stereocenters. The zero-order valence-electron chi connectivity index (χ0n) is 11.8. The van der Waals surface area contributed by atoms with Crippen molar-refractivity contribution in [2.45, 2.75) is 26.9 Å². The van der Waals surface area contributed by atoms with E-state index in [1.807, 2.05) is 11.0 Å². The van der Waals surface area contributed by atoms with E-state index in [-0.39, 0.29) is 11.0 Å². The van der Waals surface area contributed by atoms with Crippen LogP contribution < -0.4 is 4.90 Å². The Morgan fingerprint density at radius 2 is 1.80 bits per heavy atom. The smallest absolute Gasteiger partial charge is 0.370 e. The SMILES string of the molecule is CC(C)(C)C1CN(c2ccc(C(F)(F)F)cc2C#N)C1. The second kappa shape index (κ2) is 4.69. The molecule has 0 saturated carbocycles. The number of hydrogen-bond acceptors (Lipinski definition) is 2. The highest BCUT2D eigenvalue weighted by atomic mass is 19.4. The predicted molar refractivity (Wildman–Crippen MR) is 71.3 cm³/mol. The Balaban J connectivity index is 2.21. The summed E-state index contributed by atoms with van der Waals surface area (Å²) in [5, 5.41) is 9.06. The van der Waals surface area contributed by atoms with Crippen LogP contribution in [0.25, 0.3) is 0 Å². The molecule has 108 valence electrons. The van der Waals surface area contributed by atoms with E-state index >= 15 is 0 Å². The van der Waals surface area contributed by atoms with Gasteiger partial charge in [0.1, 0.15) is 6.07 Å². The third-order valence-corrected chi connectivity index (χ3v) is 3.89. The van der Waals surface area contributed by atoms with Crippen molar-refractivity contribution in [2.24, 2.45) is 11.3 Å². The molecule has 1 heterocycles. The van der Waals surface area contributed by atoms with Crippen molar-refractivity contribution in [1.82, 2.24) is 0 Å². The number of alkyl halides is 3. The van der Waals surface area contributed by atoms with Gasteiger partial charge in [-0.05, 0) is 29.5 Å². The quantitative estimate of drug-likeness (QED) is 0.776. The summed E-state index contributed by atoms with van der Waals surface area (Å²) in [6, 6.07) is 5.24. The van der Waals surface area contributed by atoms with Gasteiger partial charge in [-0.3, -0.25) is 0 Å². The van der Waals surface area contributed by atoms with Gasteiger partial charge in [0.05, 0.1) is 16.8 Å². The number of rotatable bonds is 1. The molecule has 0 radical (unpaired) electrons. The third-order valence-electron chi connectivity index (χ3n) is 3.89. The van der Waals surface area contributed by atoms with Crippen LogP contribution in [0, 0.1) is 22.7 Å². The number of halogens is 3. The van der Waals surface area contributed by atoms with Crippen molar-refractivity contribution in [3.63, 3.8) is 0 Å². The summed E-state index contributed by atoms with van der Waals surface area (Å²) in [5.41, 5.74) is 0.0914. The minimum atomic E-state index is -4.41. The molecule has 20 heavy (non-hydrogen) atoms. The first-order chi connectivity index (χ1) is 9.13. The van der Waals surface area contributed by atoms with Gasteiger partial charge in [0, 0.05) is 13.1 Å². The first-order valence-corrected chi connectivity index (χ1v) is 6.49. The van der Waals surface area contributed by atoms with Crippen LogP contribution in [0.15, 0.2) is 18.2 Å². The molecule has 1 aliphatic heterocycles. The minimum absolute atomic E-state index is 0.0900. The first-order valence-electron chi connectivity index (χ1n) is 6.49. The van der Waals surface area contributed by atoms with E-state index in [0.29, 0.717) is 11.6 Å².